The Hall–Kier alpha value is -1.85. The quantitative estimate of drug-likeness (QED) is 0.294. The Balaban J connectivity index is 2.53. The first-order valence-corrected chi connectivity index (χ1v) is 11.8. The molecule has 32 heavy (non-hydrogen) atoms. The Morgan fingerprint density at radius 1 is 1.03 bits per heavy atom. The topological polar surface area (TPSA) is 78.9 Å². The third-order valence-corrected chi connectivity index (χ3v) is 8.03. The fourth-order valence-electron chi connectivity index (χ4n) is 7.16. The number of esters is 3. The van der Waals surface area contributed by atoms with Crippen molar-refractivity contribution in [2.24, 2.45) is 22.7 Å². The molecule has 0 saturated heterocycles. The third kappa shape index (κ3) is 5.37. The monoisotopic (exact) mass is 450 g/mol. The molecule has 0 bridgehead atoms. The number of fused-ring (bicyclic) bond motifs is 1. The van der Waals surface area contributed by atoms with Gasteiger partial charge in [-0.25, -0.2) is 0 Å². The van der Waals surface area contributed by atoms with Crippen molar-refractivity contribution in [2.45, 2.75) is 111 Å². The van der Waals surface area contributed by atoms with E-state index in [2.05, 4.69) is 27.4 Å². The molecule has 0 amide bonds. The van der Waals surface area contributed by atoms with Crippen LogP contribution in [0.1, 0.15) is 93.9 Å². The lowest BCUT2D eigenvalue weighted by Gasteiger charge is -2.63. The fraction of sp³-hybridized carbons (Fsp3) is 0.808. The lowest BCUT2D eigenvalue weighted by atomic mass is 9.44. The van der Waals surface area contributed by atoms with Crippen LogP contribution in [0.2, 0.25) is 0 Å². The number of carbonyl (C=O) groups excluding carboxylic acids is 3. The molecule has 2 aliphatic carbocycles. The second kappa shape index (κ2) is 9.18. The smallest absolute Gasteiger partial charge is 0.303 e. The number of rotatable bonds is 7. The molecule has 6 atom stereocenters. The molecule has 0 unspecified atom stereocenters. The highest BCUT2D eigenvalue weighted by Gasteiger charge is 2.64. The molecule has 0 radical (unpaired) electrons. The average Bonchev–Trinajstić information content (AvgIpc) is 2.57. The van der Waals surface area contributed by atoms with Gasteiger partial charge in [0.2, 0.25) is 0 Å². The van der Waals surface area contributed by atoms with Crippen molar-refractivity contribution in [3.05, 3.63) is 12.7 Å². The van der Waals surface area contributed by atoms with E-state index in [1.165, 1.54) is 20.8 Å². The first-order valence-electron chi connectivity index (χ1n) is 11.8. The van der Waals surface area contributed by atoms with Crippen LogP contribution in [0.3, 0.4) is 0 Å². The van der Waals surface area contributed by atoms with Crippen LogP contribution < -0.4 is 0 Å². The van der Waals surface area contributed by atoms with Crippen molar-refractivity contribution in [3.63, 3.8) is 0 Å². The fourth-order valence-corrected chi connectivity index (χ4v) is 7.16. The maximum absolute atomic E-state index is 12.2. The SMILES string of the molecule is C=C[C@](C)(CC[C@H]1[C@@]2(C)CCCC(C)(C)[C@H]2[C@@H](OC(C)=O)C[C@@]1(C)OC(C)=O)OC(C)=O. The minimum absolute atomic E-state index is 0.00474. The van der Waals surface area contributed by atoms with Crippen molar-refractivity contribution >= 4 is 17.9 Å². The Labute approximate surface area is 193 Å². The van der Waals surface area contributed by atoms with Gasteiger partial charge in [-0.1, -0.05) is 33.8 Å². The summed E-state index contributed by atoms with van der Waals surface area (Å²) in [6.07, 6.45) is 6.13. The Kier molecular flexibility index (Phi) is 7.58. The van der Waals surface area contributed by atoms with Gasteiger partial charge in [-0.05, 0) is 56.4 Å². The highest BCUT2D eigenvalue weighted by Crippen LogP contribution is 2.64. The summed E-state index contributed by atoms with van der Waals surface area (Å²) < 4.78 is 17.5. The third-order valence-electron chi connectivity index (χ3n) is 8.03. The summed E-state index contributed by atoms with van der Waals surface area (Å²) in [5, 5.41) is 0. The van der Waals surface area contributed by atoms with Crippen LogP contribution in [0.4, 0.5) is 0 Å². The second-order valence-corrected chi connectivity index (χ2v) is 11.3. The van der Waals surface area contributed by atoms with Crippen LogP contribution in [-0.4, -0.2) is 35.2 Å². The molecule has 2 saturated carbocycles. The highest BCUT2D eigenvalue weighted by atomic mass is 16.6. The Bertz CT molecular complexity index is 757. The molecule has 2 aliphatic rings. The largest absolute Gasteiger partial charge is 0.462 e. The van der Waals surface area contributed by atoms with E-state index >= 15 is 0 Å². The molecule has 0 aromatic carbocycles. The van der Waals surface area contributed by atoms with Crippen molar-refractivity contribution in [1.29, 1.82) is 0 Å². The summed E-state index contributed by atoms with van der Waals surface area (Å²) in [7, 11) is 0. The zero-order valence-corrected chi connectivity index (χ0v) is 21.2. The van der Waals surface area contributed by atoms with Crippen LogP contribution in [0.5, 0.6) is 0 Å². The normalized spacial score (nSPS) is 35.6. The highest BCUT2D eigenvalue weighted by molar-refractivity contribution is 5.67. The van der Waals surface area contributed by atoms with E-state index in [9.17, 15) is 14.4 Å². The maximum Gasteiger partial charge on any atom is 0.303 e. The summed E-state index contributed by atoms with van der Waals surface area (Å²) in [6.45, 7) is 18.7. The van der Waals surface area contributed by atoms with Gasteiger partial charge < -0.3 is 14.2 Å². The number of hydrogen-bond donors (Lipinski definition) is 0. The van der Waals surface area contributed by atoms with E-state index in [0.717, 1.165) is 19.3 Å². The first kappa shape index (κ1) is 26.4. The van der Waals surface area contributed by atoms with Gasteiger partial charge in [-0.2, -0.15) is 0 Å². The van der Waals surface area contributed by atoms with Crippen LogP contribution in [0, 0.1) is 22.7 Å². The summed E-state index contributed by atoms with van der Waals surface area (Å²) in [6, 6.07) is 0. The average molecular weight is 451 g/mol. The van der Waals surface area contributed by atoms with Gasteiger partial charge in [0.05, 0.1) is 0 Å². The van der Waals surface area contributed by atoms with Gasteiger partial charge in [-0.3, -0.25) is 14.4 Å². The van der Waals surface area contributed by atoms with Gasteiger partial charge in [-0.15, -0.1) is 0 Å². The predicted octanol–water partition coefficient (Wildman–Crippen LogP) is 5.38. The molecule has 182 valence electrons. The van der Waals surface area contributed by atoms with Gasteiger partial charge >= 0.3 is 17.9 Å². The Morgan fingerprint density at radius 3 is 2.16 bits per heavy atom. The zero-order valence-electron chi connectivity index (χ0n) is 21.2. The molecule has 0 aromatic rings. The lowest BCUT2D eigenvalue weighted by Crippen LogP contribution is -2.64. The molecule has 0 aromatic heterocycles. The van der Waals surface area contributed by atoms with E-state index in [0.29, 0.717) is 19.3 Å². The zero-order chi connectivity index (χ0) is 24.5. The summed E-state index contributed by atoms with van der Waals surface area (Å²) in [5.74, 6) is -0.870. The maximum atomic E-state index is 12.2. The van der Waals surface area contributed by atoms with Crippen LogP contribution in [0.15, 0.2) is 12.7 Å². The van der Waals surface area contributed by atoms with Gasteiger partial charge in [0.1, 0.15) is 17.3 Å². The molecule has 0 N–H and O–H groups in total. The van der Waals surface area contributed by atoms with Gasteiger partial charge in [0, 0.05) is 39.0 Å². The van der Waals surface area contributed by atoms with Crippen molar-refractivity contribution in [1.82, 2.24) is 0 Å². The molecular formula is C26H42O6. The summed E-state index contributed by atoms with van der Waals surface area (Å²) in [5.41, 5.74) is -1.85. The van der Waals surface area contributed by atoms with Gasteiger partial charge in [0.25, 0.3) is 0 Å². The van der Waals surface area contributed by atoms with E-state index < -0.39 is 11.2 Å². The summed E-state index contributed by atoms with van der Waals surface area (Å²) >= 11 is 0. The van der Waals surface area contributed by atoms with Crippen molar-refractivity contribution < 1.29 is 28.6 Å². The molecule has 0 heterocycles. The predicted molar refractivity (Wildman–Crippen MR) is 123 cm³/mol. The van der Waals surface area contributed by atoms with E-state index in [1.54, 1.807) is 6.08 Å². The molecular weight excluding hydrogens is 408 g/mol. The molecule has 6 nitrogen and oxygen atoms in total. The molecule has 6 heteroatoms. The minimum atomic E-state index is -0.803. The minimum Gasteiger partial charge on any atom is -0.462 e. The van der Waals surface area contributed by atoms with Crippen molar-refractivity contribution in [2.75, 3.05) is 0 Å². The van der Waals surface area contributed by atoms with Gasteiger partial charge in [0.15, 0.2) is 0 Å². The molecule has 2 rings (SSSR count). The Morgan fingerprint density at radius 2 is 1.66 bits per heavy atom. The van der Waals surface area contributed by atoms with Crippen LogP contribution >= 0.6 is 0 Å². The lowest BCUT2D eigenvalue weighted by molar-refractivity contribution is -0.235. The second-order valence-electron chi connectivity index (χ2n) is 11.3. The van der Waals surface area contributed by atoms with E-state index in [4.69, 9.17) is 14.2 Å². The number of carbonyl (C=O) groups is 3. The standard InChI is InChI=1S/C26H42O6/c1-10-24(7,31-18(3)28)15-12-21-25(8)14-11-13-23(5,6)22(25)20(30-17(2)27)16-26(21,9)32-19(4)29/h10,20-22H,1,11-16H2,2-9H3/t20-,21-,22+,24+,25+,26+/m0/s1. The number of ether oxygens (including phenoxy) is 3. The van der Waals surface area contributed by atoms with Crippen molar-refractivity contribution in [3.8, 4) is 0 Å². The van der Waals surface area contributed by atoms with Crippen LogP contribution in [-0.2, 0) is 28.6 Å². The first-order chi connectivity index (χ1) is 14.6. The number of hydrogen-bond acceptors (Lipinski definition) is 6. The van der Waals surface area contributed by atoms with E-state index in [-0.39, 0.29) is 46.7 Å². The molecule has 0 aliphatic heterocycles. The molecule has 0 spiro atoms. The van der Waals surface area contributed by atoms with Crippen LogP contribution in [0.25, 0.3) is 0 Å². The van der Waals surface area contributed by atoms with E-state index in [1.807, 2.05) is 13.8 Å². The molecule has 2 fully saturated rings. The summed E-state index contributed by atoms with van der Waals surface area (Å²) in [4.78, 5) is 35.9.